The van der Waals surface area contributed by atoms with E-state index in [0.717, 1.165) is 33.9 Å². The first kappa shape index (κ1) is 14.2. The second-order valence-corrected chi connectivity index (χ2v) is 5.66. The highest BCUT2D eigenvalue weighted by atomic mass is 127. The van der Waals surface area contributed by atoms with E-state index in [1.54, 1.807) is 0 Å². The lowest BCUT2D eigenvalue weighted by Gasteiger charge is -2.10. The van der Waals surface area contributed by atoms with Crippen molar-refractivity contribution in [2.24, 2.45) is 0 Å². The Morgan fingerprint density at radius 2 is 1.79 bits per heavy atom. The Bertz CT molecular complexity index is 564. The van der Waals surface area contributed by atoms with Gasteiger partial charge in [0.2, 0.25) is 0 Å². The molecule has 0 saturated heterocycles. The summed E-state index contributed by atoms with van der Waals surface area (Å²) in [6.07, 6.45) is 0.774. The first-order valence-corrected chi connectivity index (χ1v) is 7.50. The minimum Gasteiger partial charge on any atom is -0.369 e. The molecule has 0 fully saturated rings. The smallest absolute Gasteiger partial charge is 0.143 e. The summed E-state index contributed by atoms with van der Waals surface area (Å²) in [6.45, 7) is 7.07. The third-order valence-electron chi connectivity index (χ3n) is 2.89. The molecule has 0 bridgehead atoms. The molecule has 2 aromatic rings. The van der Waals surface area contributed by atoms with Gasteiger partial charge in [-0.3, -0.25) is 0 Å². The number of anilines is 1. The molecule has 0 aliphatic rings. The largest absolute Gasteiger partial charge is 0.369 e. The molecule has 1 aromatic heterocycles. The molecule has 1 N–H and O–H groups in total. The molecule has 0 spiro atoms. The van der Waals surface area contributed by atoms with E-state index in [-0.39, 0.29) is 0 Å². The molecule has 3 nitrogen and oxygen atoms in total. The summed E-state index contributed by atoms with van der Waals surface area (Å²) in [5.74, 6) is 1.82. The molecule has 0 aliphatic carbocycles. The van der Waals surface area contributed by atoms with E-state index >= 15 is 0 Å². The molecule has 100 valence electrons. The number of benzene rings is 1. The lowest BCUT2D eigenvalue weighted by Crippen LogP contribution is -2.08. The summed E-state index contributed by atoms with van der Waals surface area (Å²) < 4.78 is 1.10. The van der Waals surface area contributed by atoms with E-state index in [1.165, 1.54) is 11.1 Å². The fourth-order valence-electron chi connectivity index (χ4n) is 1.87. The van der Waals surface area contributed by atoms with Crippen molar-refractivity contribution in [1.29, 1.82) is 0 Å². The Morgan fingerprint density at radius 3 is 2.42 bits per heavy atom. The average Bonchev–Trinajstić information content (AvgIpc) is 2.38. The van der Waals surface area contributed by atoms with Crippen LogP contribution < -0.4 is 5.32 Å². The number of nitrogens with zero attached hydrogens (tertiary/aromatic N) is 2. The van der Waals surface area contributed by atoms with Gasteiger partial charge in [0.05, 0.1) is 9.26 Å². The van der Waals surface area contributed by atoms with E-state index < -0.39 is 0 Å². The summed E-state index contributed by atoms with van der Waals surface area (Å²) in [4.78, 5) is 9.19. The summed E-state index contributed by atoms with van der Waals surface area (Å²) >= 11 is 2.29. The van der Waals surface area contributed by atoms with Crippen molar-refractivity contribution in [1.82, 2.24) is 9.97 Å². The van der Waals surface area contributed by atoms with Gasteiger partial charge in [-0.05, 0) is 48.9 Å². The molecular formula is C15H18IN3. The topological polar surface area (TPSA) is 37.8 Å². The van der Waals surface area contributed by atoms with Crippen LogP contribution in [0.1, 0.15) is 29.6 Å². The zero-order valence-corrected chi connectivity index (χ0v) is 13.7. The maximum atomic E-state index is 4.61. The van der Waals surface area contributed by atoms with Crippen LogP contribution in [0.2, 0.25) is 0 Å². The fraction of sp³-hybridized carbons (Fsp3) is 0.333. The van der Waals surface area contributed by atoms with Crippen molar-refractivity contribution >= 4 is 28.4 Å². The molecule has 0 amide bonds. The molecule has 4 heteroatoms. The summed E-state index contributed by atoms with van der Waals surface area (Å²) in [7, 11) is 0. The van der Waals surface area contributed by atoms with E-state index in [1.807, 2.05) is 6.92 Å². The number of hydrogen-bond acceptors (Lipinski definition) is 3. The van der Waals surface area contributed by atoms with Gasteiger partial charge in [-0.25, -0.2) is 9.97 Å². The fourth-order valence-corrected chi connectivity index (χ4v) is 2.30. The van der Waals surface area contributed by atoms with Gasteiger partial charge in [-0.2, -0.15) is 0 Å². The third kappa shape index (κ3) is 3.65. The molecule has 0 radical (unpaired) electrons. The predicted octanol–water partition coefficient (Wildman–Crippen LogP) is 3.72. The zero-order valence-electron chi connectivity index (χ0n) is 11.5. The standard InChI is InChI=1S/C15H18IN3/c1-4-17-15-14(16)11(3)18-13(19-15)9-12-7-5-10(2)6-8-12/h5-8H,4,9H2,1-3H3,(H,17,18,19). The van der Waals surface area contributed by atoms with Crippen molar-refractivity contribution in [3.8, 4) is 0 Å². The van der Waals surface area contributed by atoms with Crippen LogP contribution in [0.25, 0.3) is 0 Å². The maximum absolute atomic E-state index is 4.61. The third-order valence-corrected chi connectivity index (χ3v) is 4.18. The van der Waals surface area contributed by atoms with Crippen LogP contribution in [-0.4, -0.2) is 16.5 Å². The minimum atomic E-state index is 0.774. The quantitative estimate of drug-likeness (QED) is 0.837. The summed E-state index contributed by atoms with van der Waals surface area (Å²) in [5, 5.41) is 3.29. The van der Waals surface area contributed by atoms with E-state index in [4.69, 9.17) is 0 Å². The molecule has 0 unspecified atom stereocenters. The Hall–Kier alpha value is -1.17. The molecule has 0 aliphatic heterocycles. The van der Waals surface area contributed by atoms with Crippen LogP contribution in [0.3, 0.4) is 0 Å². The normalized spacial score (nSPS) is 10.5. The first-order valence-electron chi connectivity index (χ1n) is 6.42. The van der Waals surface area contributed by atoms with E-state index in [9.17, 15) is 0 Å². The molecule has 0 atom stereocenters. The zero-order chi connectivity index (χ0) is 13.8. The van der Waals surface area contributed by atoms with Gasteiger partial charge in [0, 0.05) is 13.0 Å². The van der Waals surface area contributed by atoms with Crippen molar-refractivity contribution in [3.05, 3.63) is 50.5 Å². The van der Waals surface area contributed by atoms with Gasteiger partial charge in [-0.1, -0.05) is 29.8 Å². The van der Waals surface area contributed by atoms with Gasteiger partial charge in [0.15, 0.2) is 0 Å². The SMILES string of the molecule is CCNc1nc(Cc2ccc(C)cc2)nc(C)c1I. The van der Waals surface area contributed by atoms with Crippen molar-refractivity contribution in [2.75, 3.05) is 11.9 Å². The molecule has 19 heavy (non-hydrogen) atoms. The van der Waals surface area contributed by atoms with Gasteiger partial charge < -0.3 is 5.32 Å². The number of aryl methyl sites for hydroxylation is 2. The second-order valence-electron chi connectivity index (χ2n) is 4.58. The minimum absolute atomic E-state index is 0.774. The van der Waals surface area contributed by atoms with Crippen molar-refractivity contribution in [2.45, 2.75) is 27.2 Å². The highest BCUT2D eigenvalue weighted by Gasteiger charge is 2.09. The van der Waals surface area contributed by atoms with Crippen molar-refractivity contribution < 1.29 is 0 Å². The number of aromatic nitrogens is 2. The average molecular weight is 367 g/mol. The lowest BCUT2D eigenvalue weighted by atomic mass is 10.1. The number of nitrogens with one attached hydrogen (secondary N) is 1. The number of halogens is 1. The van der Waals surface area contributed by atoms with Crippen LogP contribution in [0.5, 0.6) is 0 Å². The Balaban J connectivity index is 2.27. The van der Waals surface area contributed by atoms with E-state index in [0.29, 0.717) is 0 Å². The van der Waals surface area contributed by atoms with Gasteiger partial charge in [-0.15, -0.1) is 0 Å². The van der Waals surface area contributed by atoms with Crippen LogP contribution in [0.15, 0.2) is 24.3 Å². The molecule has 1 aromatic carbocycles. The van der Waals surface area contributed by atoms with E-state index in [2.05, 4.69) is 76.0 Å². The number of hydrogen-bond donors (Lipinski definition) is 1. The Morgan fingerprint density at radius 1 is 1.11 bits per heavy atom. The Kier molecular flexibility index (Phi) is 4.74. The lowest BCUT2D eigenvalue weighted by molar-refractivity contribution is 0.929. The summed E-state index contributed by atoms with van der Waals surface area (Å²) in [5.41, 5.74) is 3.55. The second kappa shape index (κ2) is 6.32. The highest BCUT2D eigenvalue weighted by molar-refractivity contribution is 14.1. The predicted molar refractivity (Wildman–Crippen MR) is 87.6 cm³/mol. The molecule has 2 rings (SSSR count). The molecule has 0 saturated carbocycles. The monoisotopic (exact) mass is 367 g/mol. The van der Waals surface area contributed by atoms with Gasteiger partial charge >= 0.3 is 0 Å². The van der Waals surface area contributed by atoms with Crippen LogP contribution in [0.4, 0.5) is 5.82 Å². The molecular weight excluding hydrogens is 349 g/mol. The summed E-state index contributed by atoms with van der Waals surface area (Å²) in [6, 6.07) is 8.53. The Labute approximate surface area is 128 Å². The van der Waals surface area contributed by atoms with Gasteiger partial charge in [0.25, 0.3) is 0 Å². The molecule has 1 heterocycles. The van der Waals surface area contributed by atoms with Crippen LogP contribution >= 0.6 is 22.6 Å². The highest BCUT2D eigenvalue weighted by Crippen LogP contribution is 2.19. The van der Waals surface area contributed by atoms with Crippen molar-refractivity contribution in [3.63, 3.8) is 0 Å². The van der Waals surface area contributed by atoms with Gasteiger partial charge in [0.1, 0.15) is 11.6 Å². The first-order chi connectivity index (χ1) is 9.10. The van der Waals surface area contributed by atoms with Crippen LogP contribution in [0, 0.1) is 17.4 Å². The number of rotatable bonds is 4. The maximum Gasteiger partial charge on any atom is 0.143 e. The van der Waals surface area contributed by atoms with Crippen LogP contribution in [-0.2, 0) is 6.42 Å².